The third kappa shape index (κ3) is 1.54. The predicted octanol–water partition coefficient (Wildman–Crippen LogP) is 1.90. The van der Waals surface area contributed by atoms with Crippen LogP contribution in [0.2, 0.25) is 35.1 Å². The van der Waals surface area contributed by atoms with Crippen LogP contribution in [0, 0.1) is 0 Å². The van der Waals surface area contributed by atoms with Crippen LogP contribution in [0.5, 0.6) is 0 Å². The van der Waals surface area contributed by atoms with Gasteiger partial charge < -0.3 is 0 Å². The van der Waals surface area contributed by atoms with Crippen molar-refractivity contribution in [3.63, 3.8) is 0 Å². The van der Waals surface area contributed by atoms with Gasteiger partial charge >= 0.3 is 93.5 Å². The van der Waals surface area contributed by atoms with Crippen molar-refractivity contribution in [2.75, 3.05) is 20.0 Å². The third-order valence-electron chi connectivity index (χ3n) is 5.16. The normalized spacial score (nSPS) is 27.6. The maximum atomic E-state index is 2.82. The molecule has 0 aromatic carbocycles. The predicted molar refractivity (Wildman–Crippen MR) is 83.0 cm³/mol. The molecule has 0 rings (SSSR count). The standard InChI is InChI=1S/C3H9P.6CH3.Co.H6NSi2/c1-4(2)3;;;;;;;;2-1-3/h1-3H3;6*1H3;;2-3H3/q;;;;;;;;-1/p+1. The Labute approximate surface area is 93.3 Å². The van der Waals surface area contributed by atoms with Crippen molar-refractivity contribution in [1.82, 2.24) is 3.28 Å². The molecule has 0 N–H and O–H groups in total. The van der Waals surface area contributed by atoms with Gasteiger partial charge in [0, 0.05) is 0 Å². The van der Waals surface area contributed by atoms with E-state index in [0.717, 1.165) is 0 Å². The Morgan fingerprint density at radius 3 is 1.00 bits per heavy atom. The minimum absolute atomic E-state index is 1.19. The van der Waals surface area contributed by atoms with Gasteiger partial charge in [-0.25, -0.2) is 0 Å². The first-order valence-electron chi connectivity index (χ1n) is 4.71. The van der Waals surface area contributed by atoms with Crippen LogP contribution < -0.4 is 0 Å². The van der Waals surface area contributed by atoms with E-state index in [2.05, 4.69) is 58.4 Å². The number of hydrogen-bond acceptors (Lipinski definition) is 1. The van der Waals surface area contributed by atoms with Gasteiger partial charge in [0.2, 0.25) is 0 Å². The molecule has 0 bridgehead atoms. The van der Waals surface area contributed by atoms with Gasteiger partial charge in [0.1, 0.15) is 0 Å². The Morgan fingerprint density at radius 1 is 0.786 bits per heavy atom. The molecule has 0 saturated heterocycles. The molecule has 0 aromatic rings. The fourth-order valence-corrected chi connectivity index (χ4v) is 16.6. The SMILES string of the molecule is C[PH](C)(C)[Co]([CH3])([CH3])([CH3])([CH3])([CH3])([CH3])[N]([SiH3])[SiH3]. The van der Waals surface area contributed by atoms with E-state index in [4.69, 9.17) is 0 Å². The number of rotatable bonds is 2. The van der Waals surface area contributed by atoms with Crippen molar-refractivity contribution in [2.45, 2.75) is 35.1 Å². The summed E-state index contributed by atoms with van der Waals surface area (Å²) in [7, 11) is -0.831. The molecule has 0 aromatic heterocycles. The number of hydrogen-bond donors (Lipinski definition) is 0. The molecule has 0 aliphatic heterocycles. The summed E-state index contributed by atoms with van der Waals surface area (Å²) in [6.45, 7) is 7.64. The second-order valence-corrected chi connectivity index (χ2v) is 56.0. The fourth-order valence-electron chi connectivity index (χ4n) is 0.447. The molecule has 0 heterocycles. The quantitative estimate of drug-likeness (QED) is 0.556. The zero-order valence-corrected chi connectivity index (χ0v) is 18.3. The van der Waals surface area contributed by atoms with Crippen LogP contribution in [0.4, 0.5) is 0 Å². The molecule has 0 aliphatic carbocycles. The van der Waals surface area contributed by atoms with Gasteiger partial charge in [0.15, 0.2) is 0 Å². The molecule has 0 saturated carbocycles. The van der Waals surface area contributed by atoms with Crippen LogP contribution in [0.15, 0.2) is 0 Å². The average Bonchev–Trinajstić information content (AvgIpc) is 1.52. The van der Waals surface area contributed by atoms with E-state index in [1.807, 2.05) is 0 Å². The van der Waals surface area contributed by atoms with Gasteiger partial charge in [-0.2, -0.15) is 0 Å². The Hall–Kier alpha value is 1.33. The van der Waals surface area contributed by atoms with Crippen LogP contribution in [0.1, 0.15) is 0 Å². The van der Waals surface area contributed by atoms with Gasteiger partial charge in [-0.05, 0) is 0 Å². The van der Waals surface area contributed by atoms with Crippen LogP contribution >= 0.6 is 5.99 Å². The minimum atomic E-state index is -3.22. The van der Waals surface area contributed by atoms with Crippen molar-refractivity contribution >= 4 is 26.8 Å². The molecule has 0 fully saturated rings. The van der Waals surface area contributed by atoms with E-state index >= 15 is 0 Å². The summed E-state index contributed by atoms with van der Waals surface area (Å²) in [5, 5.41) is 0. The molecular formula is C9H34CoNPSi2. The number of nitrogens with zero attached hydrogens (tertiary/aromatic N) is 1. The van der Waals surface area contributed by atoms with Crippen LogP contribution in [-0.4, -0.2) is 44.1 Å². The van der Waals surface area contributed by atoms with Crippen LogP contribution in [0.25, 0.3) is 0 Å². The molecule has 0 radical (unpaired) electrons. The summed E-state index contributed by atoms with van der Waals surface area (Å²) in [5.74, 6) is 14.4. The summed E-state index contributed by atoms with van der Waals surface area (Å²) >= 11 is 0. The molecule has 5 heteroatoms. The van der Waals surface area contributed by atoms with E-state index < -0.39 is 14.2 Å². The zero-order valence-electron chi connectivity index (χ0n) is 12.3. The van der Waals surface area contributed by atoms with E-state index in [-0.39, 0.29) is 0 Å². The Balaban J connectivity index is 6.74. The summed E-state index contributed by atoms with van der Waals surface area (Å²) in [6.07, 6.45) is 0. The van der Waals surface area contributed by atoms with Gasteiger partial charge in [-0.3, -0.25) is 0 Å². The van der Waals surface area contributed by atoms with Crippen molar-refractivity contribution in [1.29, 1.82) is 0 Å². The Bertz CT molecular complexity index is 307. The first-order chi connectivity index (χ1) is 5.16. The molecule has 14 heavy (non-hydrogen) atoms. The first kappa shape index (κ1) is 15.3. The van der Waals surface area contributed by atoms with Gasteiger partial charge in [0.05, 0.1) is 0 Å². The molecular weight excluding hydrogens is 268 g/mol. The van der Waals surface area contributed by atoms with E-state index in [1.165, 1.54) is 20.8 Å². The van der Waals surface area contributed by atoms with Crippen LogP contribution in [0.3, 0.4) is 0 Å². The monoisotopic (exact) mass is 302 g/mol. The van der Waals surface area contributed by atoms with Crippen LogP contribution in [-0.2, 0) is 8.23 Å². The topological polar surface area (TPSA) is 3.24 Å². The van der Waals surface area contributed by atoms with E-state index in [9.17, 15) is 0 Å². The zero-order chi connectivity index (χ0) is 12.4. The van der Waals surface area contributed by atoms with Crippen molar-refractivity contribution in [3.8, 4) is 0 Å². The summed E-state index contributed by atoms with van der Waals surface area (Å²) < 4.78 is 2.82. The van der Waals surface area contributed by atoms with Gasteiger partial charge in [-0.1, -0.05) is 0 Å². The third-order valence-corrected chi connectivity index (χ3v) is 67.5. The molecule has 1 nitrogen and oxygen atoms in total. The maximum absolute atomic E-state index is 3.22. The second kappa shape index (κ2) is 1.73. The Kier molecular flexibility index (Phi) is 1.90. The molecule has 0 atom stereocenters. The molecule has 0 aliphatic rings. The van der Waals surface area contributed by atoms with E-state index in [1.54, 1.807) is 0 Å². The summed E-state index contributed by atoms with van der Waals surface area (Å²) in [6, 6.07) is 0. The molecule has 97 valence electrons. The summed E-state index contributed by atoms with van der Waals surface area (Å²) in [5.41, 5.74) is 0. The van der Waals surface area contributed by atoms with Crippen molar-refractivity contribution in [3.05, 3.63) is 0 Å². The average molecular weight is 302 g/mol. The molecule has 0 unspecified atom stereocenters. The first-order valence-corrected chi connectivity index (χ1v) is 18.1. The second-order valence-electron chi connectivity index (χ2n) is 9.71. The van der Waals surface area contributed by atoms with Crippen molar-refractivity contribution in [2.24, 2.45) is 0 Å². The van der Waals surface area contributed by atoms with Gasteiger partial charge in [0.25, 0.3) is 0 Å². The Morgan fingerprint density at radius 2 is 1.00 bits per heavy atom. The fraction of sp³-hybridized carbons (Fsp3) is 1.00. The summed E-state index contributed by atoms with van der Waals surface area (Å²) in [4.78, 5) is 0. The molecule has 0 amide bonds. The molecule has 0 spiro atoms. The van der Waals surface area contributed by atoms with E-state index in [0.29, 0.717) is 0 Å². The van der Waals surface area contributed by atoms with Gasteiger partial charge in [-0.15, -0.1) is 0 Å². The van der Waals surface area contributed by atoms with Crippen molar-refractivity contribution < 1.29 is 8.23 Å².